The predicted molar refractivity (Wildman–Crippen MR) is 110 cm³/mol. The summed E-state index contributed by atoms with van der Waals surface area (Å²) in [6.07, 6.45) is 2.43. The van der Waals surface area contributed by atoms with Gasteiger partial charge < -0.3 is 19.6 Å². The van der Waals surface area contributed by atoms with Crippen LogP contribution in [0.25, 0.3) is 0 Å². The lowest BCUT2D eigenvalue weighted by molar-refractivity contribution is -0.161. The Morgan fingerprint density at radius 3 is 2.43 bits per heavy atom. The molecule has 2 aromatic carbocycles. The first-order valence-corrected chi connectivity index (χ1v) is 10.1. The second-order valence-electron chi connectivity index (χ2n) is 7.96. The molecular formula is C23H28N2O3. The molecule has 1 amide bonds. The van der Waals surface area contributed by atoms with Gasteiger partial charge in [0.2, 0.25) is 0 Å². The zero-order valence-electron chi connectivity index (χ0n) is 16.4. The monoisotopic (exact) mass is 380 g/mol. The van der Waals surface area contributed by atoms with Crippen molar-refractivity contribution in [2.45, 2.75) is 37.9 Å². The summed E-state index contributed by atoms with van der Waals surface area (Å²) >= 11 is 0. The number of hydrogen-bond acceptors (Lipinski definition) is 4. The van der Waals surface area contributed by atoms with E-state index < -0.39 is 6.10 Å². The Morgan fingerprint density at radius 2 is 1.75 bits per heavy atom. The van der Waals surface area contributed by atoms with Gasteiger partial charge >= 0.3 is 0 Å². The number of phenols is 1. The van der Waals surface area contributed by atoms with Gasteiger partial charge in [0, 0.05) is 25.3 Å². The Labute approximate surface area is 166 Å². The highest BCUT2D eigenvalue weighted by Crippen LogP contribution is 2.35. The number of amides is 1. The van der Waals surface area contributed by atoms with Crippen LogP contribution in [0.5, 0.6) is 5.75 Å². The molecule has 0 saturated carbocycles. The van der Waals surface area contributed by atoms with Crippen molar-refractivity contribution in [3.05, 3.63) is 60.2 Å². The van der Waals surface area contributed by atoms with Crippen LogP contribution in [0.3, 0.4) is 0 Å². The van der Waals surface area contributed by atoms with Gasteiger partial charge in [-0.3, -0.25) is 4.79 Å². The predicted octanol–water partition coefficient (Wildman–Crippen LogP) is 3.22. The minimum Gasteiger partial charge on any atom is -0.508 e. The van der Waals surface area contributed by atoms with E-state index in [-0.39, 0.29) is 11.5 Å². The number of morpholine rings is 1. The van der Waals surface area contributed by atoms with Crippen LogP contribution >= 0.6 is 0 Å². The lowest BCUT2D eigenvalue weighted by atomic mass is 9.88. The number of likely N-dealkylation sites (tertiary alicyclic amines) is 1. The Balaban J connectivity index is 1.37. The van der Waals surface area contributed by atoms with E-state index >= 15 is 0 Å². The largest absolute Gasteiger partial charge is 0.508 e. The molecular weight excluding hydrogens is 352 g/mol. The van der Waals surface area contributed by atoms with E-state index in [2.05, 4.69) is 4.90 Å². The van der Waals surface area contributed by atoms with Gasteiger partial charge in [-0.2, -0.15) is 0 Å². The number of benzene rings is 2. The lowest BCUT2D eigenvalue weighted by Crippen LogP contribution is -2.61. The topological polar surface area (TPSA) is 53.0 Å². The molecule has 5 heteroatoms. The van der Waals surface area contributed by atoms with E-state index in [0.717, 1.165) is 44.6 Å². The molecule has 0 radical (unpaired) electrons. The van der Waals surface area contributed by atoms with Crippen molar-refractivity contribution in [1.29, 1.82) is 0 Å². The molecule has 1 spiro atoms. The van der Waals surface area contributed by atoms with Crippen molar-refractivity contribution in [2.75, 3.05) is 31.1 Å². The molecule has 2 aromatic rings. The number of ether oxygens (including phenoxy) is 1. The van der Waals surface area contributed by atoms with Crippen LogP contribution in [-0.4, -0.2) is 53.8 Å². The second kappa shape index (κ2) is 7.94. The summed E-state index contributed by atoms with van der Waals surface area (Å²) in [5, 5.41) is 9.41. The van der Waals surface area contributed by atoms with Crippen LogP contribution in [0, 0.1) is 0 Å². The zero-order chi connectivity index (χ0) is 19.6. The third kappa shape index (κ3) is 4.05. The number of anilines is 1. The average Bonchev–Trinajstić information content (AvgIpc) is 2.72. The first-order chi connectivity index (χ1) is 13.5. The number of rotatable bonds is 4. The maximum Gasteiger partial charge on any atom is 0.255 e. The number of phenolic OH excluding ortho intramolecular Hbond substituents is 1. The zero-order valence-corrected chi connectivity index (χ0v) is 16.4. The van der Waals surface area contributed by atoms with Crippen LogP contribution in [0.1, 0.15) is 25.3 Å². The Kier molecular flexibility index (Phi) is 5.38. The quantitative estimate of drug-likeness (QED) is 0.885. The minimum atomic E-state index is -0.405. The first-order valence-electron chi connectivity index (χ1n) is 10.1. The Morgan fingerprint density at radius 1 is 1.07 bits per heavy atom. The number of nitrogens with zero attached hydrogens (tertiary/aromatic N) is 2. The number of para-hydroxylation sites is 1. The van der Waals surface area contributed by atoms with Gasteiger partial charge in [0.05, 0.1) is 12.1 Å². The summed E-state index contributed by atoms with van der Waals surface area (Å²) in [5.74, 6) is 0.358. The molecule has 2 aliphatic rings. The van der Waals surface area contributed by atoms with Gasteiger partial charge in [0.15, 0.2) is 0 Å². The minimum absolute atomic E-state index is 0.0478. The maximum atomic E-state index is 12.7. The van der Waals surface area contributed by atoms with Gasteiger partial charge in [-0.05, 0) is 56.0 Å². The van der Waals surface area contributed by atoms with Crippen molar-refractivity contribution in [1.82, 2.24) is 4.90 Å². The summed E-state index contributed by atoms with van der Waals surface area (Å²) in [6, 6.07) is 17.4. The molecule has 5 nitrogen and oxygen atoms in total. The second-order valence-corrected chi connectivity index (χ2v) is 7.96. The summed E-state index contributed by atoms with van der Waals surface area (Å²) in [7, 11) is 0. The van der Waals surface area contributed by atoms with Crippen molar-refractivity contribution in [2.24, 2.45) is 0 Å². The molecule has 148 valence electrons. The fourth-order valence-electron chi connectivity index (χ4n) is 4.28. The summed E-state index contributed by atoms with van der Waals surface area (Å²) < 4.78 is 6.26. The number of hydrogen-bond donors (Lipinski definition) is 1. The van der Waals surface area contributed by atoms with E-state index in [0.29, 0.717) is 12.3 Å². The van der Waals surface area contributed by atoms with Gasteiger partial charge in [0.1, 0.15) is 11.9 Å². The van der Waals surface area contributed by atoms with E-state index in [4.69, 9.17) is 4.74 Å². The SMILES string of the molecule is CC1OC2(CCN(CCc3ccc(O)cc3)CC2)CN(c2ccccc2)C1=O. The normalized spacial score (nSPS) is 22.5. The molecule has 2 saturated heterocycles. The molecule has 0 bridgehead atoms. The van der Waals surface area contributed by atoms with Gasteiger partial charge in [-0.15, -0.1) is 0 Å². The molecule has 0 aromatic heterocycles. The molecule has 1 atom stereocenters. The van der Waals surface area contributed by atoms with Crippen molar-refractivity contribution in [3.63, 3.8) is 0 Å². The van der Waals surface area contributed by atoms with Crippen LogP contribution in [-0.2, 0) is 16.0 Å². The Bertz CT molecular complexity index is 798. The number of carbonyl (C=O) groups excluding carboxylic acids is 1. The molecule has 4 rings (SSSR count). The van der Waals surface area contributed by atoms with E-state index in [9.17, 15) is 9.90 Å². The summed E-state index contributed by atoms with van der Waals surface area (Å²) in [5.41, 5.74) is 1.94. The summed E-state index contributed by atoms with van der Waals surface area (Å²) in [4.78, 5) is 17.0. The van der Waals surface area contributed by atoms with Crippen molar-refractivity contribution >= 4 is 11.6 Å². The standard InChI is InChI=1S/C23H28N2O3/c1-18-22(27)25(20-5-3-2-4-6-20)17-23(28-18)12-15-24(16-13-23)14-11-19-7-9-21(26)10-8-19/h2-10,18,26H,11-17H2,1H3. The first kappa shape index (κ1) is 19.0. The Hall–Kier alpha value is -2.37. The molecule has 28 heavy (non-hydrogen) atoms. The van der Waals surface area contributed by atoms with Crippen molar-refractivity contribution in [3.8, 4) is 5.75 Å². The molecule has 0 aliphatic carbocycles. The number of aromatic hydroxyl groups is 1. The van der Waals surface area contributed by atoms with Gasteiger partial charge in [0.25, 0.3) is 5.91 Å². The van der Waals surface area contributed by atoms with Crippen LogP contribution in [0.2, 0.25) is 0 Å². The van der Waals surface area contributed by atoms with E-state index in [1.807, 2.05) is 54.3 Å². The third-order valence-corrected chi connectivity index (χ3v) is 5.98. The molecule has 2 fully saturated rings. The third-order valence-electron chi connectivity index (χ3n) is 5.98. The van der Waals surface area contributed by atoms with Gasteiger partial charge in [-0.25, -0.2) is 0 Å². The fourth-order valence-corrected chi connectivity index (χ4v) is 4.28. The lowest BCUT2D eigenvalue weighted by Gasteiger charge is -2.49. The molecule has 2 heterocycles. The summed E-state index contributed by atoms with van der Waals surface area (Å²) in [6.45, 7) is 5.45. The molecule has 1 unspecified atom stereocenters. The smallest absolute Gasteiger partial charge is 0.255 e. The van der Waals surface area contributed by atoms with Gasteiger partial charge in [-0.1, -0.05) is 30.3 Å². The van der Waals surface area contributed by atoms with Crippen LogP contribution in [0.15, 0.2) is 54.6 Å². The van der Waals surface area contributed by atoms with E-state index in [1.54, 1.807) is 12.1 Å². The maximum absolute atomic E-state index is 12.7. The fraction of sp³-hybridized carbons (Fsp3) is 0.435. The highest BCUT2D eigenvalue weighted by Gasteiger charge is 2.45. The number of carbonyl (C=O) groups is 1. The van der Waals surface area contributed by atoms with Crippen LogP contribution < -0.4 is 4.90 Å². The van der Waals surface area contributed by atoms with Crippen LogP contribution in [0.4, 0.5) is 5.69 Å². The van der Waals surface area contributed by atoms with Crippen molar-refractivity contribution < 1.29 is 14.6 Å². The average molecular weight is 380 g/mol. The highest BCUT2D eigenvalue weighted by atomic mass is 16.5. The molecule has 1 N–H and O–H groups in total. The van der Waals surface area contributed by atoms with E-state index in [1.165, 1.54) is 5.56 Å². The number of piperidine rings is 1. The molecule has 2 aliphatic heterocycles. The highest BCUT2D eigenvalue weighted by molar-refractivity contribution is 5.97.